The quantitative estimate of drug-likeness (QED) is 0.568. The molecule has 0 aromatic carbocycles. The second kappa shape index (κ2) is 5.45. The summed E-state index contributed by atoms with van der Waals surface area (Å²) in [6.07, 6.45) is 1.53. The van der Waals surface area contributed by atoms with Gasteiger partial charge in [0, 0.05) is 0 Å². The standard InChI is InChI=1S/C6H7Ge2O5/c9-5(10)1-3-7-13-8-4-2-6(11)12-8/h1,3H,2,4H2,(H,9,10)/b3-1+. The number of hydrogen-bond acceptors (Lipinski definition) is 4. The van der Waals surface area contributed by atoms with Gasteiger partial charge in [0.15, 0.2) is 0 Å². The molecular weight excluding hydrogens is 297 g/mol. The van der Waals surface area contributed by atoms with Gasteiger partial charge in [0.25, 0.3) is 0 Å². The van der Waals surface area contributed by atoms with E-state index < -0.39 is 36.8 Å². The first-order valence-corrected chi connectivity index (χ1v) is 8.83. The van der Waals surface area contributed by atoms with Crippen molar-refractivity contribution >= 4 is 42.7 Å². The van der Waals surface area contributed by atoms with Crippen molar-refractivity contribution in [2.75, 3.05) is 0 Å². The predicted octanol–water partition coefficient (Wildman–Crippen LogP) is -0.344. The molecule has 0 spiro atoms. The van der Waals surface area contributed by atoms with Crippen molar-refractivity contribution in [2.24, 2.45) is 0 Å². The zero-order valence-electron chi connectivity index (χ0n) is 6.65. The van der Waals surface area contributed by atoms with Crippen molar-refractivity contribution in [1.29, 1.82) is 0 Å². The van der Waals surface area contributed by atoms with Crippen molar-refractivity contribution < 1.29 is 21.2 Å². The van der Waals surface area contributed by atoms with Crippen molar-refractivity contribution in [2.45, 2.75) is 11.7 Å². The summed E-state index contributed by atoms with van der Waals surface area (Å²) in [6, 6.07) is 0. The molecule has 0 amide bonds. The molecule has 5 nitrogen and oxygen atoms in total. The minimum atomic E-state index is -2.00. The summed E-state index contributed by atoms with van der Waals surface area (Å²) in [5.74, 6) is -1.15. The Bertz CT molecular complexity index is 239. The molecule has 7 heteroatoms. The monoisotopic (exact) mass is 307 g/mol. The minimum absolute atomic E-state index is 0.177. The van der Waals surface area contributed by atoms with E-state index in [9.17, 15) is 9.59 Å². The molecule has 0 aliphatic carbocycles. The van der Waals surface area contributed by atoms with Crippen LogP contribution in [0.1, 0.15) is 6.42 Å². The SMILES string of the molecule is O=C(O)/C=[CH]/[Ge][O][Ge]1[CH2]CC(=O)[O]1. The number of aliphatic carboxylic acids is 1. The van der Waals surface area contributed by atoms with Gasteiger partial charge in [-0.3, -0.25) is 0 Å². The third-order valence-corrected chi connectivity index (χ3v) is 8.69. The molecule has 1 heterocycles. The van der Waals surface area contributed by atoms with E-state index in [4.69, 9.17) is 11.7 Å². The van der Waals surface area contributed by atoms with Crippen LogP contribution in [-0.2, 0) is 16.1 Å². The van der Waals surface area contributed by atoms with E-state index in [1.165, 1.54) is 4.91 Å². The van der Waals surface area contributed by atoms with Gasteiger partial charge in [-0.15, -0.1) is 0 Å². The Labute approximate surface area is 86.7 Å². The molecule has 0 unspecified atom stereocenters. The fourth-order valence-electron chi connectivity index (χ4n) is 0.710. The molecule has 0 aromatic heterocycles. The Hall–Kier alpha value is -0.274. The summed E-state index contributed by atoms with van der Waals surface area (Å²) in [4.78, 5) is 22.2. The van der Waals surface area contributed by atoms with E-state index in [1.54, 1.807) is 0 Å². The first-order chi connectivity index (χ1) is 6.18. The molecule has 3 radical (unpaired) electrons. The zero-order chi connectivity index (χ0) is 9.68. The molecule has 1 N–H and O–H groups in total. The fraction of sp³-hybridized carbons (Fsp3) is 0.333. The molecule has 1 aliphatic heterocycles. The average Bonchev–Trinajstić information content (AvgIpc) is 2.45. The number of carboxylic acids is 1. The summed E-state index contributed by atoms with van der Waals surface area (Å²) in [7, 11) is 0. The molecule has 1 rings (SSSR count). The van der Waals surface area contributed by atoms with Crippen LogP contribution in [0.15, 0.2) is 11.0 Å². The van der Waals surface area contributed by atoms with E-state index in [-0.39, 0.29) is 5.97 Å². The Kier molecular flexibility index (Phi) is 4.53. The predicted molar refractivity (Wildman–Crippen MR) is 44.9 cm³/mol. The van der Waals surface area contributed by atoms with E-state index in [0.717, 1.165) is 11.3 Å². The van der Waals surface area contributed by atoms with Gasteiger partial charge in [-0.2, -0.15) is 0 Å². The summed E-state index contributed by atoms with van der Waals surface area (Å²) in [6.45, 7) is 0. The van der Waals surface area contributed by atoms with E-state index in [0.29, 0.717) is 6.42 Å². The van der Waals surface area contributed by atoms with Crippen LogP contribution >= 0.6 is 0 Å². The Morgan fingerprint density at radius 2 is 2.54 bits per heavy atom. The molecule has 1 aliphatic rings. The Balaban J connectivity index is 2.13. The molecule has 0 atom stereocenters. The third-order valence-electron chi connectivity index (χ3n) is 1.23. The number of carboxylic acid groups (broad SMARTS) is 1. The van der Waals surface area contributed by atoms with Crippen molar-refractivity contribution in [3.05, 3.63) is 11.0 Å². The van der Waals surface area contributed by atoms with Gasteiger partial charge in [-0.25, -0.2) is 0 Å². The molecule has 1 fully saturated rings. The van der Waals surface area contributed by atoms with Gasteiger partial charge < -0.3 is 0 Å². The Morgan fingerprint density at radius 1 is 1.77 bits per heavy atom. The van der Waals surface area contributed by atoms with E-state index in [2.05, 4.69) is 0 Å². The summed E-state index contributed by atoms with van der Waals surface area (Å²) < 4.78 is 10.2. The first kappa shape index (κ1) is 10.8. The normalized spacial score (nSPS) is 18.0. The van der Waals surface area contributed by atoms with Crippen LogP contribution in [0.3, 0.4) is 0 Å². The number of rotatable bonds is 4. The second-order valence-corrected chi connectivity index (χ2v) is 9.12. The summed E-state index contributed by atoms with van der Waals surface area (Å²) in [5.41, 5.74) is 0. The van der Waals surface area contributed by atoms with Gasteiger partial charge >= 0.3 is 86.6 Å². The number of hydrogen-bond donors (Lipinski definition) is 1. The van der Waals surface area contributed by atoms with Gasteiger partial charge in [0.2, 0.25) is 0 Å². The molecule has 1 saturated heterocycles. The topological polar surface area (TPSA) is 72.8 Å². The second-order valence-electron chi connectivity index (χ2n) is 2.24. The zero-order valence-corrected chi connectivity index (χ0v) is 10.8. The maximum atomic E-state index is 10.6. The van der Waals surface area contributed by atoms with Crippen molar-refractivity contribution in [3.63, 3.8) is 0 Å². The number of carbonyl (C=O) groups excluding carboxylic acids is 1. The summed E-state index contributed by atoms with van der Waals surface area (Å²) in [5, 5.41) is 8.99. The van der Waals surface area contributed by atoms with Crippen molar-refractivity contribution in [1.82, 2.24) is 0 Å². The van der Waals surface area contributed by atoms with Gasteiger partial charge in [0.1, 0.15) is 0 Å². The van der Waals surface area contributed by atoms with Crippen LogP contribution < -0.4 is 0 Å². The average molecular weight is 304 g/mol. The summed E-state index contributed by atoms with van der Waals surface area (Å²) >= 11 is -2.83. The van der Waals surface area contributed by atoms with Crippen LogP contribution in [0.2, 0.25) is 5.25 Å². The third kappa shape index (κ3) is 4.48. The molecular formula is C6H7Ge2O5. The fourth-order valence-corrected chi connectivity index (χ4v) is 7.43. The van der Waals surface area contributed by atoms with Crippen LogP contribution in [0.4, 0.5) is 0 Å². The Morgan fingerprint density at radius 3 is 3.08 bits per heavy atom. The molecule has 0 saturated carbocycles. The maximum absolute atomic E-state index is 10.6. The van der Waals surface area contributed by atoms with Gasteiger partial charge in [-0.05, 0) is 0 Å². The molecule has 69 valence electrons. The molecule has 13 heavy (non-hydrogen) atoms. The van der Waals surface area contributed by atoms with Crippen LogP contribution in [0.5, 0.6) is 0 Å². The first-order valence-electron chi connectivity index (χ1n) is 3.57. The van der Waals surface area contributed by atoms with Crippen LogP contribution in [0, 0.1) is 0 Å². The van der Waals surface area contributed by atoms with Crippen molar-refractivity contribution in [3.8, 4) is 0 Å². The van der Waals surface area contributed by atoms with Gasteiger partial charge in [-0.1, -0.05) is 0 Å². The van der Waals surface area contributed by atoms with E-state index in [1.807, 2.05) is 0 Å². The van der Waals surface area contributed by atoms with Crippen LogP contribution in [0.25, 0.3) is 0 Å². The number of carbonyl (C=O) groups is 2. The van der Waals surface area contributed by atoms with Crippen LogP contribution in [-0.4, -0.2) is 47.8 Å². The van der Waals surface area contributed by atoms with Gasteiger partial charge in [0.05, 0.1) is 0 Å². The van der Waals surface area contributed by atoms with E-state index >= 15 is 0 Å². The molecule has 0 aromatic rings. The molecule has 0 bridgehead atoms.